The Bertz CT molecular complexity index is 1440. The third kappa shape index (κ3) is 4.28. The van der Waals surface area contributed by atoms with E-state index in [1.54, 1.807) is 25.3 Å². The van der Waals surface area contributed by atoms with Gasteiger partial charge in [-0.3, -0.25) is 9.48 Å². The van der Waals surface area contributed by atoms with Gasteiger partial charge in [-0.2, -0.15) is 5.10 Å². The van der Waals surface area contributed by atoms with Gasteiger partial charge in [-0.1, -0.05) is 6.58 Å². The molecule has 10 nitrogen and oxygen atoms in total. The zero-order valence-corrected chi connectivity index (χ0v) is 20.3. The first kappa shape index (κ1) is 23.2. The van der Waals surface area contributed by atoms with Crippen molar-refractivity contribution in [3.63, 3.8) is 0 Å². The molecule has 2 aromatic carbocycles. The second-order valence-electron chi connectivity index (χ2n) is 8.31. The molecule has 1 aliphatic heterocycles. The molecule has 0 aliphatic carbocycles. The third-order valence-electron chi connectivity index (χ3n) is 6.12. The second kappa shape index (κ2) is 9.57. The maximum absolute atomic E-state index is 11.8. The van der Waals surface area contributed by atoms with Crippen LogP contribution in [0.5, 0.6) is 17.2 Å². The highest BCUT2D eigenvalue weighted by atomic mass is 16.5. The number of nitrogens with one attached hydrogen (secondary N) is 1. The maximum atomic E-state index is 11.8. The Morgan fingerprint density at radius 3 is 2.58 bits per heavy atom. The molecule has 0 bridgehead atoms. The number of benzene rings is 2. The Kier molecular flexibility index (Phi) is 6.16. The molecule has 0 spiro atoms. The van der Waals surface area contributed by atoms with Gasteiger partial charge in [0.1, 0.15) is 24.0 Å². The third-order valence-corrected chi connectivity index (χ3v) is 6.12. The Morgan fingerprint density at radius 2 is 1.89 bits per heavy atom. The molecule has 0 saturated carbocycles. The van der Waals surface area contributed by atoms with Gasteiger partial charge in [0.05, 0.1) is 44.2 Å². The molecule has 1 saturated heterocycles. The Hall–Kier alpha value is -4.60. The van der Waals surface area contributed by atoms with Gasteiger partial charge in [0.2, 0.25) is 5.91 Å². The summed E-state index contributed by atoms with van der Waals surface area (Å²) in [5, 5.41) is 8.41. The molecule has 4 aromatic rings. The van der Waals surface area contributed by atoms with Crippen molar-refractivity contribution in [3.8, 4) is 28.5 Å². The predicted octanol–water partition coefficient (Wildman–Crippen LogP) is 3.57. The van der Waals surface area contributed by atoms with Crippen LogP contribution in [-0.4, -0.2) is 64.0 Å². The van der Waals surface area contributed by atoms with E-state index in [-0.39, 0.29) is 12.0 Å². The van der Waals surface area contributed by atoms with Crippen molar-refractivity contribution in [3.05, 3.63) is 61.6 Å². The number of ether oxygens (including phenoxy) is 3. The summed E-state index contributed by atoms with van der Waals surface area (Å²) >= 11 is 0. The normalized spacial score (nSPS) is 13.2. The highest BCUT2D eigenvalue weighted by Gasteiger charge is 2.31. The largest absolute Gasteiger partial charge is 0.495 e. The average molecular weight is 487 g/mol. The standard InChI is InChI=1S/C26H26N6O4/c1-5-25(33)32-13-17(14-32)36-24-11-18-19(12-23(24)35-4)27-15-28-26(18)30-20-10-16(6-7-22(20)34-3)21-8-9-29-31(21)2/h5-12,15,17H,1,13-14H2,2-4H3,(H,27,28,30). The van der Waals surface area contributed by atoms with Gasteiger partial charge < -0.3 is 24.4 Å². The van der Waals surface area contributed by atoms with E-state index in [0.717, 1.165) is 22.3 Å². The van der Waals surface area contributed by atoms with E-state index in [2.05, 4.69) is 27.0 Å². The monoisotopic (exact) mass is 486 g/mol. The first-order valence-corrected chi connectivity index (χ1v) is 11.3. The Morgan fingerprint density at radius 1 is 1.08 bits per heavy atom. The fourth-order valence-electron chi connectivity index (χ4n) is 4.17. The van der Waals surface area contributed by atoms with Crippen LogP contribution in [0.4, 0.5) is 11.5 Å². The Balaban J connectivity index is 1.48. The summed E-state index contributed by atoms with van der Waals surface area (Å²) in [7, 11) is 5.10. The minimum Gasteiger partial charge on any atom is -0.495 e. The van der Waals surface area contributed by atoms with Crippen LogP contribution in [0.25, 0.3) is 22.2 Å². The van der Waals surface area contributed by atoms with Gasteiger partial charge in [0, 0.05) is 30.3 Å². The van der Waals surface area contributed by atoms with E-state index in [0.29, 0.717) is 41.7 Å². The van der Waals surface area contributed by atoms with Gasteiger partial charge in [0.25, 0.3) is 0 Å². The van der Waals surface area contributed by atoms with Crippen LogP contribution in [0, 0.1) is 0 Å². The number of likely N-dealkylation sites (tertiary alicyclic amines) is 1. The average Bonchev–Trinajstić information content (AvgIpc) is 3.31. The van der Waals surface area contributed by atoms with Crippen molar-refractivity contribution in [2.24, 2.45) is 7.05 Å². The molecule has 36 heavy (non-hydrogen) atoms. The number of aryl methyl sites for hydroxylation is 1. The molecule has 3 heterocycles. The Labute approximate surface area is 208 Å². The van der Waals surface area contributed by atoms with Gasteiger partial charge in [-0.25, -0.2) is 9.97 Å². The van der Waals surface area contributed by atoms with E-state index in [1.807, 2.05) is 48.1 Å². The van der Waals surface area contributed by atoms with Crippen LogP contribution in [0.15, 0.2) is 61.6 Å². The summed E-state index contributed by atoms with van der Waals surface area (Å²) < 4.78 is 19.1. The van der Waals surface area contributed by atoms with E-state index < -0.39 is 0 Å². The number of fused-ring (bicyclic) bond motifs is 1. The summed E-state index contributed by atoms with van der Waals surface area (Å²) in [5.74, 6) is 2.25. The number of rotatable bonds is 8. The summed E-state index contributed by atoms with van der Waals surface area (Å²) in [4.78, 5) is 22.3. The van der Waals surface area contributed by atoms with Crippen LogP contribution in [0.3, 0.4) is 0 Å². The second-order valence-corrected chi connectivity index (χ2v) is 8.31. The van der Waals surface area contributed by atoms with E-state index in [4.69, 9.17) is 14.2 Å². The minimum absolute atomic E-state index is 0.109. The molecular formula is C26H26N6O4. The number of hydrogen-bond donors (Lipinski definition) is 1. The first-order chi connectivity index (χ1) is 17.5. The molecular weight excluding hydrogens is 460 g/mol. The SMILES string of the molecule is C=CC(=O)N1CC(Oc2cc3c(Nc4cc(-c5ccnn5C)ccc4OC)ncnc3cc2OC)C1. The number of carbonyl (C=O) groups excluding carboxylic acids is 1. The number of nitrogens with zero attached hydrogens (tertiary/aromatic N) is 5. The van der Waals surface area contributed by atoms with Crippen molar-refractivity contribution in [1.29, 1.82) is 0 Å². The lowest BCUT2D eigenvalue weighted by Gasteiger charge is -2.38. The van der Waals surface area contributed by atoms with Crippen LogP contribution in [0.1, 0.15) is 0 Å². The van der Waals surface area contributed by atoms with Crippen molar-refractivity contribution in [2.75, 3.05) is 32.6 Å². The van der Waals surface area contributed by atoms with Crippen molar-refractivity contribution in [2.45, 2.75) is 6.10 Å². The maximum Gasteiger partial charge on any atom is 0.246 e. The molecule has 1 aliphatic rings. The highest BCUT2D eigenvalue weighted by Crippen LogP contribution is 2.38. The van der Waals surface area contributed by atoms with Crippen molar-refractivity contribution < 1.29 is 19.0 Å². The van der Waals surface area contributed by atoms with Crippen molar-refractivity contribution in [1.82, 2.24) is 24.6 Å². The lowest BCUT2D eigenvalue weighted by molar-refractivity contribution is -0.134. The quantitative estimate of drug-likeness (QED) is 0.377. The van der Waals surface area contributed by atoms with Gasteiger partial charge in [0.15, 0.2) is 11.5 Å². The number of aromatic nitrogens is 4. The number of amides is 1. The molecule has 0 atom stereocenters. The zero-order valence-electron chi connectivity index (χ0n) is 20.3. The number of anilines is 2. The lowest BCUT2D eigenvalue weighted by Crippen LogP contribution is -2.55. The minimum atomic E-state index is -0.142. The molecule has 0 radical (unpaired) electrons. The summed E-state index contributed by atoms with van der Waals surface area (Å²) in [6, 6.07) is 11.5. The van der Waals surface area contributed by atoms with Crippen LogP contribution in [-0.2, 0) is 11.8 Å². The number of methoxy groups -OCH3 is 2. The number of hydrogen-bond acceptors (Lipinski definition) is 8. The summed E-state index contributed by atoms with van der Waals surface area (Å²) in [6.07, 6.45) is 4.41. The van der Waals surface area contributed by atoms with Gasteiger partial charge in [-0.15, -0.1) is 0 Å². The van der Waals surface area contributed by atoms with Crippen molar-refractivity contribution >= 4 is 28.3 Å². The molecule has 5 rings (SSSR count). The predicted molar refractivity (Wildman–Crippen MR) is 136 cm³/mol. The topological polar surface area (TPSA) is 104 Å². The smallest absolute Gasteiger partial charge is 0.246 e. The molecule has 1 N–H and O–H groups in total. The summed E-state index contributed by atoms with van der Waals surface area (Å²) in [5.41, 5.74) is 3.38. The first-order valence-electron chi connectivity index (χ1n) is 11.3. The van der Waals surface area contributed by atoms with Crippen LogP contribution < -0.4 is 19.5 Å². The van der Waals surface area contributed by atoms with Gasteiger partial charge in [-0.05, 0) is 36.4 Å². The number of carbonyl (C=O) groups is 1. The lowest BCUT2D eigenvalue weighted by atomic mass is 10.1. The molecule has 0 unspecified atom stereocenters. The van der Waals surface area contributed by atoms with Crippen LogP contribution >= 0.6 is 0 Å². The highest BCUT2D eigenvalue weighted by molar-refractivity contribution is 5.94. The fourth-order valence-corrected chi connectivity index (χ4v) is 4.17. The fraction of sp³-hybridized carbons (Fsp3) is 0.231. The molecule has 1 fully saturated rings. The molecule has 184 valence electrons. The molecule has 2 aromatic heterocycles. The van der Waals surface area contributed by atoms with E-state index >= 15 is 0 Å². The summed E-state index contributed by atoms with van der Waals surface area (Å²) in [6.45, 7) is 4.50. The molecule has 10 heteroatoms. The van der Waals surface area contributed by atoms with E-state index in [1.165, 1.54) is 12.4 Å². The van der Waals surface area contributed by atoms with Gasteiger partial charge >= 0.3 is 0 Å². The van der Waals surface area contributed by atoms with E-state index in [9.17, 15) is 4.79 Å². The molecule has 1 amide bonds. The zero-order chi connectivity index (χ0) is 25.2. The van der Waals surface area contributed by atoms with Crippen LogP contribution in [0.2, 0.25) is 0 Å².